The molecule has 1 aromatic heterocycles. The van der Waals surface area contributed by atoms with E-state index in [1.807, 2.05) is 19.4 Å². The SMILES string of the molecule is CCCn1cncc1CNCCC(=O)NCC. The molecule has 1 heterocycles. The summed E-state index contributed by atoms with van der Waals surface area (Å²) in [5, 5.41) is 6.03. The van der Waals surface area contributed by atoms with Gasteiger partial charge in [0.15, 0.2) is 0 Å². The third-order valence-corrected chi connectivity index (χ3v) is 2.47. The van der Waals surface area contributed by atoms with Gasteiger partial charge in [-0.25, -0.2) is 4.98 Å². The quantitative estimate of drug-likeness (QED) is 0.662. The van der Waals surface area contributed by atoms with E-state index in [1.54, 1.807) is 0 Å². The van der Waals surface area contributed by atoms with Gasteiger partial charge in [-0.1, -0.05) is 6.92 Å². The van der Waals surface area contributed by atoms with Crippen LogP contribution in [0.15, 0.2) is 12.5 Å². The molecule has 0 unspecified atom stereocenters. The summed E-state index contributed by atoms with van der Waals surface area (Å²) in [5.41, 5.74) is 1.17. The Morgan fingerprint density at radius 2 is 2.29 bits per heavy atom. The fraction of sp³-hybridized carbons (Fsp3) is 0.667. The van der Waals surface area contributed by atoms with Crippen LogP contribution in [-0.4, -0.2) is 28.5 Å². The van der Waals surface area contributed by atoms with E-state index < -0.39 is 0 Å². The Labute approximate surface area is 103 Å². The Kier molecular flexibility index (Phi) is 6.32. The molecule has 0 aliphatic rings. The van der Waals surface area contributed by atoms with Crippen LogP contribution in [-0.2, 0) is 17.9 Å². The van der Waals surface area contributed by atoms with Crippen molar-refractivity contribution in [3.8, 4) is 0 Å². The number of amides is 1. The topological polar surface area (TPSA) is 59.0 Å². The summed E-state index contributed by atoms with van der Waals surface area (Å²) in [6.45, 7) is 7.22. The molecule has 2 N–H and O–H groups in total. The molecule has 0 aliphatic heterocycles. The summed E-state index contributed by atoms with van der Waals surface area (Å²) in [4.78, 5) is 15.3. The van der Waals surface area contributed by atoms with E-state index in [1.165, 1.54) is 5.69 Å². The van der Waals surface area contributed by atoms with Crippen LogP contribution in [0.5, 0.6) is 0 Å². The number of carbonyl (C=O) groups excluding carboxylic acids is 1. The summed E-state index contributed by atoms with van der Waals surface area (Å²) in [6.07, 6.45) is 5.34. The minimum Gasteiger partial charge on any atom is -0.356 e. The van der Waals surface area contributed by atoms with Crippen molar-refractivity contribution in [3.63, 3.8) is 0 Å². The summed E-state index contributed by atoms with van der Waals surface area (Å²) in [6, 6.07) is 0. The average molecular weight is 238 g/mol. The van der Waals surface area contributed by atoms with E-state index in [0.717, 1.165) is 19.5 Å². The van der Waals surface area contributed by atoms with Crippen molar-refractivity contribution in [2.45, 2.75) is 39.8 Å². The van der Waals surface area contributed by atoms with E-state index >= 15 is 0 Å². The molecule has 1 aromatic rings. The van der Waals surface area contributed by atoms with Crippen molar-refractivity contribution in [2.24, 2.45) is 0 Å². The van der Waals surface area contributed by atoms with E-state index in [0.29, 0.717) is 19.5 Å². The van der Waals surface area contributed by atoms with Crippen molar-refractivity contribution >= 4 is 5.91 Å². The Morgan fingerprint density at radius 1 is 1.47 bits per heavy atom. The fourth-order valence-electron chi connectivity index (χ4n) is 1.64. The minimum atomic E-state index is 0.0991. The van der Waals surface area contributed by atoms with Crippen molar-refractivity contribution in [2.75, 3.05) is 13.1 Å². The van der Waals surface area contributed by atoms with Gasteiger partial charge in [-0.2, -0.15) is 0 Å². The van der Waals surface area contributed by atoms with Gasteiger partial charge in [0.25, 0.3) is 0 Å². The maximum atomic E-state index is 11.2. The number of nitrogens with one attached hydrogen (secondary N) is 2. The van der Waals surface area contributed by atoms with Crippen LogP contribution in [0, 0.1) is 0 Å². The first-order valence-electron chi connectivity index (χ1n) is 6.24. The van der Waals surface area contributed by atoms with Gasteiger partial charge >= 0.3 is 0 Å². The number of hydrogen-bond acceptors (Lipinski definition) is 3. The number of hydrogen-bond donors (Lipinski definition) is 2. The highest BCUT2D eigenvalue weighted by Crippen LogP contribution is 2.00. The lowest BCUT2D eigenvalue weighted by atomic mass is 10.3. The smallest absolute Gasteiger partial charge is 0.221 e. The molecule has 0 saturated heterocycles. The summed E-state index contributed by atoms with van der Waals surface area (Å²) in [5.74, 6) is 0.0991. The van der Waals surface area contributed by atoms with Crippen LogP contribution in [0.1, 0.15) is 32.4 Å². The molecule has 5 heteroatoms. The first kappa shape index (κ1) is 13.7. The van der Waals surface area contributed by atoms with E-state index in [9.17, 15) is 4.79 Å². The Bertz CT molecular complexity index is 335. The summed E-state index contributed by atoms with van der Waals surface area (Å²) >= 11 is 0. The maximum absolute atomic E-state index is 11.2. The van der Waals surface area contributed by atoms with E-state index in [-0.39, 0.29) is 5.91 Å². The first-order valence-corrected chi connectivity index (χ1v) is 6.24. The Balaban J connectivity index is 2.21. The summed E-state index contributed by atoms with van der Waals surface area (Å²) < 4.78 is 2.14. The number of nitrogens with zero attached hydrogens (tertiary/aromatic N) is 2. The third-order valence-electron chi connectivity index (χ3n) is 2.47. The zero-order valence-electron chi connectivity index (χ0n) is 10.7. The molecule has 0 spiro atoms. The van der Waals surface area contributed by atoms with Gasteiger partial charge in [-0.3, -0.25) is 4.79 Å². The molecular weight excluding hydrogens is 216 g/mol. The first-order chi connectivity index (χ1) is 8.27. The lowest BCUT2D eigenvalue weighted by Crippen LogP contribution is -2.27. The fourth-order valence-corrected chi connectivity index (χ4v) is 1.64. The second kappa shape index (κ2) is 7.84. The molecule has 96 valence electrons. The highest BCUT2D eigenvalue weighted by Gasteiger charge is 2.02. The monoisotopic (exact) mass is 238 g/mol. The lowest BCUT2D eigenvalue weighted by molar-refractivity contribution is -0.120. The van der Waals surface area contributed by atoms with Crippen LogP contribution in [0.4, 0.5) is 0 Å². The standard InChI is InChI=1S/C12H22N4O/c1-3-7-16-10-14-9-11(16)8-13-6-5-12(17)15-4-2/h9-10,13H,3-8H2,1-2H3,(H,15,17). The van der Waals surface area contributed by atoms with Crippen LogP contribution in [0.3, 0.4) is 0 Å². The number of rotatable bonds is 8. The van der Waals surface area contributed by atoms with Crippen LogP contribution in [0.2, 0.25) is 0 Å². The number of carbonyl (C=O) groups is 1. The molecule has 0 aromatic carbocycles. The summed E-state index contributed by atoms with van der Waals surface area (Å²) in [7, 11) is 0. The van der Waals surface area contributed by atoms with Crippen molar-refractivity contribution < 1.29 is 4.79 Å². The molecule has 0 bridgehead atoms. The normalized spacial score (nSPS) is 10.5. The van der Waals surface area contributed by atoms with E-state index in [2.05, 4.69) is 27.1 Å². The van der Waals surface area contributed by atoms with Crippen LogP contribution in [0.25, 0.3) is 0 Å². The Morgan fingerprint density at radius 3 is 3.00 bits per heavy atom. The van der Waals surface area contributed by atoms with Crippen LogP contribution >= 0.6 is 0 Å². The third kappa shape index (κ3) is 4.99. The van der Waals surface area contributed by atoms with Gasteiger partial charge in [0.05, 0.1) is 12.0 Å². The molecule has 1 rings (SSSR count). The second-order valence-corrected chi connectivity index (χ2v) is 3.96. The lowest BCUT2D eigenvalue weighted by Gasteiger charge is -2.08. The van der Waals surface area contributed by atoms with Gasteiger partial charge < -0.3 is 15.2 Å². The molecule has 0 atom stereocenters. The van der Waals surface area contributed by atoms with Gasteiger partial charge in [-0.05, 0) is 13.3 Å². The highest BCUT2D eigenvalue weighted by molar-refractivity contribution is 5.75. The van der Waals surface area contributed by atoms with Gasteiger partial charge in [0.1, 0.15) is 0 Å². The number of imidazole rings is 1. The van der Waals surface area contributed by atoms with E-state index in [4.69, 9.17) is 0 Å². The second-order valence-electron chi connectivity index (χ2n) is 3.96. The molecular formula is C12H22N4O. The molecule has 17 heavy (non-hydrogen) atoms. The molecule has 0 aliphatic carbocycles. The zero-order chi connectivity index (χ0) is 12.5. The zero-order valence-corrected chi connectivity index (χ0v) is 10.7. The average Bonchev–Trinajstić information content (AvgIpc) is 2.73. The molecule has 0 saturated carbocycles. The van der Waals surface area contributed by atoms with Gasteiger partial charge in [0.2, 0.25) is 5.91 Å². The predicted molar refractivity (Wildman–Crippen MR) is 67.5 cm³/mol. The number of aryl methyl sites for hydroxylation is 1. The van der Waals surface area contributed by atoms with Crippen LogP contribution < -0.4 is 10.6 Å². The Hall–Kier alpha value is -1.36. The molecule has 0 radical (unpaired) electrons. The molecule has 1 amide bonds. The molecule has 0 fully saturated rings. The van der Waals surface area contributed by atoms with Crippen molar-refractivity contribution in [3.05, 3.63) is 18.2 Å². The molecule has 5 nitrogen and oxygen atoms in total. The highest BCUT2D eigenvalue weighted by atomic mass is 16.1. The van der Waals surface area contributed by atoms with Crippen molar-refractivity contribution in [1.82, 2.24) is 20.2 Å². The largest absolute Gasteiger partial charge is 0.356 e. The predicted octanol–water partition coefficient (Wildman–Crippen LogP) is 0.909. The van der Waals surface area contributed by atoms with Gasteiger partial charge in [-0.15, -0.1) is 0 Å². The minimum absolute atomic E-state index is 0.0991. The number of aromatic nitrogens is 2. The van der Waals surface area contributed by atoms with Crippen molar-refractivity contribution in [1.29, 1.82) is 0 Å². The maximum Gasteiger partial charge on any atom is 0.221 e. The van der Waals surface area contributed by atoms with Gasteiger partial charge in [0, 0.05) is 38.8 Å².